The first kappa shape index (κ1) is 32.4. The Kier molecular flexibility index (Phi) is 10.3. The number of nitrogen functional groups attached to an aromatic ring is 2. The Balaban J connectivity index is 1.79. The maximum absolute atomic E-state index is 13.8. The number of benzene rings is 2. The van der Waals surface area contributed by atoms with Gasteiger partial charge in [-0.25, -0.2) is 4.79 Å². The van der Waals surface area contributed by atoms with Gasteiger partial charge in [0.15, 0.2) is 5.82 Å². The number of methoxy groups -OCH3 is 1. The molecule has 0 radical (unpaired) electrons. The number of amides is 3. The highest BCUT2D eigenvalue weighted by atomic mass is 16.6. The Bertz CT molecular complexity index is 1510. The summed E-state index contributed by atoms with van der Waals surface area (Å²) in [4.78, 5) is 51.6. The van der Waals surface area contributed by atoms with Crippen molar-refractivity contribution in [2.24, 2.45) is 5.73 Å². The number of carbonyl (C=O) groups is 4. The zero-order valence-electron chi connectivity index (χ0n) is 24.6. The molecule has 1 atom stereocenters. The predicted octanol–water partition coefficient (Wildman–Crippen LogP) is 1.62. The van der Waals surface area contributed by atoms with E-state index in [0.717, 1.165) is 23.6 Å². The fourth-order valence-corrected chi connectivity index (χ4v) is 4.39. The molecule has 0 saturated carbocycles. The number of amidine groups is 1. The number of alkyl carbamates (subject to hydrolysis) is 1. The van der Waals surface area contributed by atoms with Crippen molar-refractivity contribution in [2.75, 3.05) is 19.4 Å². The van der Waals surface area contributed by atoms with Crippen LogP contribution in [0.3, 0.4) is 0 Å². The van der Waals surface area contributed by atoms with E-state index < -0.39 is 41.6 Å². The van der Waals surface area contributed by atoms with E-state index in [1.54, 1.807) is 63.2 Å². The van der Waals surface area contributed by atoms with Crippen LogP contribution >= 0.6 is 0 Å². The molecule has 0 fully saturated rings. The van der Waals surface area contributed by atoms with Crippen LogP contribution in [0.25, 0.3) is 10.9 Å². The number of nitrogens with two attached hydrogens (primary N) is 2. The lowest BCUT2D eigenvalue weighted by molar-refractivity contribution is -0.155. The van der Waals surface area contributed by atoms with E-state index in [1.165, 1.54) is 0 Å². The average Bonchev–Trinajstić information content (AvgIpc) is 3.32. The normalized spacial score (nSPS) is 12.6. The van der Waals surface area contributed by atoms with Crippen LogP contribution in [0, 0.1) is 5.41 Å². The maximum Gasteiger partial charge on any atom is 0.407 e. The number of aromatic nitrogens is 2. The van der Waals surface area contributed by atoms with Gasteiger partial charge in [0.25, 0.3) is 0 Å². The summed E-state index contributed by atoms with van der Waals surface area (Å²) >= 11 is 0. The lowest BCUT2D eigenvalue weighted by Crippen LogP contribution is -2.61. The molecule has 14 nitrogen and oxygen atoms in total. The second-order valence-electron chi connectivity index (χ2n) is 11.0. The number of anilines is 1. The number of esters is 1. The summed E-state index contributed by atoms with van der Waals surface area (Å²) in [5.41, 5.74) is 11.4. The minimum absolute atomic E-state index is 0.104. The van der Waals surface area contributed by atoms with Gasteiger partial charge in [0, 0.05) is 30.3 Å². The second kappa shape index (κ2) is 13.7. The Morgan fingerprint density at radius 3 is 2.47 bits per heavy atom. The van der Waals surface area contributed by atoms with Crippen molar-refractivity contribution in [1.82, 2.24) is 26.1 Å². The van der Waals surface area contributed by atoms with Gasteiger partial charge in [0.2, 0.25) is 11.8 Å². The summed E-state index contributed by atoms with van der Waals surface area (Å²) in [6, 6.07) is 12.0. The fraction of sp³-hybridized carbons (Fsp3) is 0.379. The van der Waals surface area contributed by atoms with Gasteiger partial charge >= 0.3 is 12.1 Å². The van der Waals surface area contributed by atoms with Crippen molar-refractivity contribution >= 4 is 46.4 Å². The number of H-pyrrole nitrogens is 1. The molecule has 0 spiro atoms. The SMILES string of the molecule is COC(=O)N[C@](CCC(=O)OC(C)(C)C)(Cc1cccc(C(=N)N)c1)C(=O)NCC(=O)NCc1ccc2c(N)n[nH]c2c1. The van der Waals surface area contributed by atoms with Gasteiger partial charge in [0.1, 0.15) is 17.0 Å². The maximum atomic E-state index is 13.8. The number of aromatic amines is 1. The van der Waals surface area contributed by atoms with E-state index >= 15 is 0 Å². The summed E-state index contributed by atoms with van der Waals surface area (Å²) in [7, 11) is 1.14. The third-order valence-corrected chi connectivity index (χ3v) is 6.44. The summed E-state index contributed by atoms with van der Waals surface area (Å²) in [6.45, 7) is 4.90. The molecule has 0 unspecified atom stereocenters. The number of nitrogens with zero attached hydrogens (tertiary/aromatic N) is 1. The summed E-state index contributed by atoms with van der Waals surface area (Å²) in [5.74, 6) is -1.60. The molecular weight excluding hydrogens is 556 g/mol. The van der Waals surface area contributed by atoms with Crippen molar-refractivity contribution in [3.05, 3.63) is 59.2 Å². The Morgan fingerprint density at radius 2 is 1.79 bits per heavy atom. The highest BCUT2D eigenvalue weighted by Crippen LogP contribution is 2.23. The topological polar surface area (TPSA) is 227 Å². The van der Waals surface area contributed by atoms with Crippen LogP contribution < -0.4 is 27.4 Å². The monoisotopic (exact) mass is 594 g/mol. The quantitative estimate of drug-likeness (QED) is 0.0916. The van der Waals surface area contributed by atoms with E-state index in [0.29, 0.717) is 16.9 Å². The molecule has 0 bridgehead atoms. The van der Waals surface area contributed by atoms with Gasteiger partial charge < -0.3 is 36.9 Å². The van der Waals surface area contributed by atoms with Crippen molar-refractivity contribution < 1.29 is 28.7 Å². The van der Waals surface area contributed by atoms with Crippen molar-refractivity contribution in [3.63, 3.8) is 0 Å². The molecular formula is C29H38N8O6. The third-order valence-electron chi connectivity index (χ3n) is 6.44. The van der Waals surface area contributed by atoms with Crippen LogP contribution in [0.15, 0.2) is 42.5 Å². The molecule has 0 aliphatic carbocycles. The highest BCUT2D eigenvalue weighted by molar-refractivity contribution is 5.96. The van der Waals surface area contributed by atoms with Crippen LogP contribution in [-0.4, -0.2) is 64.7 Å². The first-order valence-corrected chi connectivity index (χ1v) is 13.5. The molecule has 14 heteroatoms. The smallest absolute Gasteiger partial charge is 0.407 e. The number of carbonyl (C=O) groups excluding carboxylic acids is 4. The molecule has 43 heavy (non-hydrogen) atoms. The molecule has 0 aliphatic rings. The predicted molar refractivity (Wildman–Crippen MR) is 160 cm³/mol. The lowest BCUT2D eigenvalue weighted by Gasteiger charge is -2.33. The molecule has 0 saturated heterocycles. The average molecular weight is 595 g/mol. The van der Waals surface area contributed by atoms with Gasteiger partial charge in [0.05, 0.1) is 19.2 Å². The first-order chi connectivity index (χ1) is 20.2. The van der Waals surface area contributed by atoms with Crippen LogP contribution in [-0.2, 0) is 36.8 Å². The summed E-state index contributed by atoms with van der Waals surface area (Å²) in [6.07, 6.45) is -1.43. The minimum atomic E-state index is -1.73. The molecule has 3 amide bonds. The standard InChI is InChI=1S/C29H38N8O6/c1-28(2,3)43-23(39)10-11-29(35-27(41)42-4,14-17-6-5-7-19(12-17)24(30)31)26(40)34-16-22(38)33-15-18-8-9-20-21(13-18)36-37-25(20)32/h5-9,12-13H,10-11,14-16H2,1-4H3,(H3,30,31)(H,33,38)(H,34,40)(H,35,41)(H3,32,36,37)/t29-/m1/s1. The lowest BCUT2D eigenvalue weighted by atomic mass is 9.84. The van der Waals surface area contributed by atoms with E-state index in [9.17, 15) is 19.2 Å². The zero-order valence-corrected chi connectivity index (χ0v) is 24.6. The fourth-order valence-electron chi connectivity index (χ4n) is 4.39. The van der Waals surface area contributed by atoms with E-state index in [1.807, 2.05) is 0 Å². The second-order valence-corrected chi connectivity index (χ2v) is 11.0. The molecule has 230 valence electrons. The number of ether oxygens (including phenoxy) is 2. The van der Waals surface area contributed by atoms with E-state index in [-0.39, 0.29) is 31.6 Å². The van der Waals surface area contributed by atoms with Crippen molar-refractivity contribution in [3.8, 4) is 0 Å². The Labute approximate surface area is 248 Å². The summed E-state index contributed by atoms with van der Waals surface area (Å²) < 4.78 is 10.2. The number of fused-ring (bicyclic) bond motifs is 1. The Hall–Kier alpha value is -5.14. The first-order valence-electron chi connectivity index (χ1n) is 13.5. The van der Waals surface area contributed by atoms with Crippen LogP contribution in [0.4, 0.5) is 10.6 Å². The molecule has 3 rings (SSSR count). The molecule has 1 aromatic heterocycles. The highest BCUT2D eigenvalue weighted by Gasteiger charge is 2.41. The van der Waals surface area contributed by atoms with E-state index in [4.69, 9.17) is 26.4 Å². The Morgan fingerprint density at radius 1 is 1.05 bits per heavy atom. The van der Waals surface area contributed by atoms with Crippen molar-refractivity contribution in [1.29, 1.82) is 5.41 Å². The van der Waals surface area contributed by atoms with Gasteiger partial charge in [-0.1, -0.05) is 24.3 Å². The van der Waals surface area contributed by atoms with Crippen LogP contribution in [0.1, 0.15) is 50.3 Å². The van der Waals surface area contributed by atoms with Crippen molar-refractivity contribution in [2.45, 2.75) is 57.7 Å². The van der Waals surface area contributed by atoms with Crippen LogP contribution in [0.2, 0.25) is 0 Å². The minimum Gasteiger partial charge on any atom is -0.460 e. The van der Waals surface area contributed by atoms with Crippen LogP contribution in [0.5, 0.6) is 0 Å². The van der Waals surface area contributed by atoms with Gasteiger partial charge in [-0.2, -0.15) is 5.10 Å². The number of hydrogen-bond donors (Lipinski definition) is 7. The zero-order chi connectivity index (χ0) is 31.8. The summed E-state index contributed by atoms with van der Waals surface area (Å²) in [5, 5.41) is 23.2. The van der Waals surface area contributed by atoms with Gasteiger partial charge in [-0.3, -0.25) is 24.9 Å². The third kappa shape index (κ3) is 9.18. The number of hydrogen-bond acceptors (Lipinski definition) is 9. The molecule has 0 aliphatic heterocycles. The van der Waals surface area contributed by atoms with E-state index in [2.05, 4.69) is 26.1 Å². The molecule has 9 N–H and O–H groups in total. The number of rotatable bonds is 12. The molecule has 1 heterocycles. The molecule has 3 aromatic rings. The molecule has 2 aromatic carbocycles. The van der Waals surface area contributed by atoms with Gasteiger partial charge in [-0.05, 0) is 56.5 Å². The number of nitrogens with one attached hydrogen (secondary N) is 5. The van der Waals surface area contributed by atoms with Gasteiger partial charge in [-0.15, -0.1) is 0 Å². The largest absolute Gasteiger partial charge is 0.460 e.